The average molecular weight is 196 g/mol. The molecule has 0 aliphatic carbocycles. The zero-order valence-corrected chi connectivity index (χ0v) is 8.10. The Kier molecular flexibility index (Phi) is 6.77. The van der Waals surface area contributed by atoms with E-state index in [0.717, 1.165) is 12.2 Å². The number of carbonyl (C=O) groups excluding carboxylic acids is 2. The van der Waals surface area contributed by atoms with E-state index in [4.69, 9.17) is 0 Å². The van der Waals surface area contributed by atoms with E-state index in [1.807, 2.05) is 0 Å². The normalized spacial score (nSPS) is 11.3. The number of allylic oxidation sites excluding steroid dienone is 2. The zero-order chi connectivity index (χ0) is 10.8. The maximum absolute atomic E-state index is 10.8. The number of hydrogen-bond acceptors (Lipinski definition) is 4. The van der Waals surface area contributed by atoms with Gasteiger partial charge in [0.2, 0.25) is 0 Å². The molecule has 0 spiro atoms. The fourth-order valence-corrected chi connectivity index (χ4v) is 0.485. The van der Waals surface area contributed by atoms with Gasteiger partial charge in [0.15, 0.2) is 0 Å². The molecular weight excluding hydrogens is 184 g/mol. The lowest BCUT2D eigenvalue weighted by molar-refractivity contribution is -0.135. The molecule has 0 aromatic carbocycles. The van der Waals surface area contributed by atoms with Gasteiger partial charge in [0.1, 0.15) is 0 Å². The van der Waals surface area contributed by atoms with Crippen molar-refractivity contribution in [3.8, 4) is 0 Å². The van der Waals surface area contributed by atoms with E-state index in [0.29, 0.717) is 0 Å². The smallest absolute Gasteiger partial charge is 0.335 e. The number of hydrogen-bond donors (Lipinski definition) is 0. The molecule has 0 atom stereocenters. The van der Waals surface area contributed by atoms with Crippen LogP contribution in [0.15, 0.2) is 36.8 Å². The summed E-state index contributed by atoms with van der Waals surface area (Å²) in [6, 6.07) is 0. The van der Waals surface area contributed by atoms with Gasteiger partial charge in [-0.2, -0.15) is 0 Å². The van der Waals surface area contributed by atoms with E-state index < -0.39 is 11.9 Å². The SMILES string of the molecule is CC=COC(=O)/C=C\C(=O)OC=CC. The molecule has 0 bridgehead atoms. The predicted molar refractivity (Wildman–Crippen MR) is 51.0 cm³/mol. The van der Waals surface area contributed by atoms with Crippen molar-refractivity contribution in [2.45, 2.75) is 13.8 Å². The summed E-state index contributed by atoms with van der Waals surface area (Å²) in [5.74, 6) is -1.25. The van der Waals surface area contributed by atoms with Crippen LogP contribution in [-0.2, 0) is 19.1 Å². The third-order valence-electron chi connectivity index (χ3n) is 0.996. The molecule has 4 nitrogen and oxygen atoms in total. The van der Waals surface area contributed by atoms with Gasteiger partial charge in [0.25, 0.3) is 0 Å². The van der Waals surface area contributed by atoms with Crippen molar-refractivity contribution < 1.29 is 19.1 Å². The zero-order valence-electron chi connectivity index (χ0n) is 8.10. The highest BCUT2D eigenvalue weighted by Gasteiger charge is 1.96. The standard InChI is InChI=1S/C10H12O4/c1-3-7-13-9(11)5-6-10(12)14-8-4-2/h3-8H,1-2H3/b6-5-,7-3?,8-4?. The first-order chi connectivity index (χ1) is 6.70. The fourth-order valence-electron chi connectivity index (χ4n) is 0.485. The lowest BCUT2D eigenvalue weighted by Crippen LogP contribution is -1.98. The summed E-state index contributed by atoms with van der Waals surface area (Å²) < 4.78 is 9.03. The van der Waals surface area contributed by atoms with Crippen molar-refractivity contribution in [3.63, 3.8) is 0 Å². The molecule has 0 aromatic rings. The van der Waals surface area contributed by atoms with Gasteiger partial charge in [-0.1, -0.05) is 12.2 Å². The molecule has 0 heterocycles. The topological polar surface area (TPSA) is 52.6 Å². The molecule has 0 fully saturated rings. The van der Waals surface area contributed by atoms with Crippen LogP contribution in [0.2, 0.25) is 0 Å². The molecule has 0 rings (SSSR count). The van der Waals surface area contributed by atoms with E-state index in [2.05, 4.69) is 9.47 Å². The number of ether oxygens (including phenoxy) is 2. The summed E-state index contributed by atoms with van der Waals surface area (Å²) in [6.07, 6.45) is 7.55. The van der Waals surface area contributed by atoms with Gasteiger partial charge < -0.3 is 9.47 Å². The maximum atomic E-state index is 10.8. The van der Waals surface area contributed by atoms with Crippen LogP contribution in [0, 0.1) is 0 Å². The molecule has 0 amide bonds. The Morgan fingerprint density at radius 2 is 1.21 bits per heavy atom. The summed E-state index contributed by atoms with van der Waals surface area (Å²) in [4.78, 5) is 21.6. The molecule has 0 aromatic heterocycles. The third kappa shape index (κ3) is 6.84. The van der Waals surface area contributed by atoms with Crippen LogP contribution in [0.25, 0.3) is 0 Å². The Bertz CT molecular complexity index is 246. The van der Waals surface area contributed by atoms with Crippen LogP contribution in [0.3, 0.4) is 0 Å². The van der Waals surface area contributed by atoms with E-state index >= 15 is 0 Å². The van der Waals surface area contributed by atoms with Crippen LogP contribution in [0.5, 0.6) is 0 Å². The maximum Gasteiger partial charge on any atom is 0.335 e. The van der Waals surface area contributed by atoms with E-state index in [9.17, 15) is 9.59 Å². The highest BCUT2D eigenvalue weighted by Crippen LogP contribution is 1.87. The highest BCUT2D eigenvalue weighted by molar-refractivity contribution is 5.92. The molecule has 4 heteroatoms. The highest BCUT2D eigenvalue weighted by atomic mass is 16.5. The molecule has 76 valence electrons. The van der Waals surface area contributed by atoms with E-state index in [-0.39, 0.29) is 0 Å². The molecule has 0 aliphatic rings. The Labute approximate surface area is 82.5 Å². The minimum absolute atomic E-state index is 0.625. The fraction of sp³-hybridized carbons (Fsp3) is 0.200. The first-order valence-corrected chi connectivity index (χ1v) is 4.02. The van der Waals surface area contributed by atoms with Gasteiger partial charge in [-0.25, -0.2) is 9.59 Å². The van der Waals surface area contributed by atoms with Gasteiger partial charge in [-0.15, -0.1) is 0 Å². The summed E-state index contributed by atoms with van der Waals surface area (Å²) in [6.45, 7) is 3.41. The minimum atomic E-state index is -0.625. The molecule has 0 saturated heterocycles. The van der Waals surface area contributed by atoms with Gasteiger partial charge in [-0.05, 0) is 13.8 Å². The molecular formula is C10H12O4. The van der Waals surface area contributed by atoms with Crippen LogP contribution in [0.1, 0.15) is 13.8 Å². The Morgan fingerprint density at radius 1 is 0.857 bits per heavy atom. The van der Waals surface area contributed by atoms with E-state index in [1.165, 1.54) is 12.5 Å². The van der Waals surface area contributed by atoms with Crippen LogP contribution < -0.4 is 0 Å². The van der Waals surface area contributed by atoms with Gasteiger partial charge in [0, 0.05) is 12.2 Å². The molecule has 0 radical (unpaired) electrons. The predicted octanol–water partition coefficient (Wildman–Crippen LogP) is 1.70. The lowest BCUT2D eigenvalue weighted by atomic mass is 10.5. The second-order valence-electron chi connectivity index (χ2n) is 2.15. The largest absolute Gasteiger partial charge is 0.432 e. The summed E-state index contributed by atoms with van der Waals surface area (Å²) in [7, 11) is 0. The van der Waals surface area contributed by atoms with Crippen LogP contribution >= 0.6 is 0 Å². The molecule has 14 heavy (non-hydrogen) atoms. The van der Waals surface area contributed by atoms with Gasteiger partial charge >= 0.3 is 11.9 Å². The van der Waals surface area contributed by atoms with Crippen LogP contribution in [0.4, 0.5) is 0 Å². The third-order valence-corrected chi connectivity index (χ3v) is 0.996. The quantitative estimate of drug-likeness (QED) is 0.390. The summed E-state index contributed by atoms with van der Waals surface area (Å²) >= 11 is 0. The van der Waals surface area contributed by atoms with Gasteiger partial charge in [-0.3, -0.25) is 0 Å². The number of carbonyl (C=O) groups is 2. The second kappa shape index (κ2) is 7.79. The Balaban J connectivity index is 3.91. The Morgan fingerprint density at radius 3 is 1.50 bits per heavy atom. The molecule has 0 saturated carbocycles. The molecule has 0 unspecified atom stereocenters. The second-order valence-corrected chi connectivity index (χ2v) is 2.15. The summed E-state index contributed by atoms with van der Waals surface area (Å²) in [5.41, 5.74) is 0. The monoisotopic (exact) mass is 196 g/mol. The van der Waals surface area contributed by atoms with Crippen molar-refractivity contribution >= 4 is 11.9 Å². The van der Waals surface area contributed by atoms with Crippen molar-refractivity contribution in [3.05, 3.63) is 36.8 Å². The molecule has 0 aliphatic heterocycles. The number of rotatable bonds is 4. The average Bonchev–Trinajstić information content (AvgIpc) is 2.20. The van der Waals surface area contributed by atoms with E-state index in [1.54, 1.807) is 26.0 Å². The van der Waals surface area contributed by atoms with Crippen LogP contribution in [-0.4, -0.2) is 11.9 Å². The first-order valence-electron chi connectivity index (χ1n) is 4.02. The minimum Gasteiger partial charge on any atom is -0.432 e. The van der Waals surface area contributed by atoms with Gasteiger partial charge in [0.05, 0.1) is 12.5 Å². The molecule has 0 N–H and O–H groups in total. The number of esters is 2. The summed E-state index contributed by atoms with van der Waals surface area (Å²) in [5, 5.41) is 0. The van der Waals surface area contributed by atoms with Crippen molar-refractivity contribution in [1.82, 2.24) is 0 Å². The van der Waals surface area contributed by atoms with Crippen molar-refractivity contribution in [2.24, 2.45) is 0 Å². The van der Waals surface area contributed by atoms with Crippen molar-refractivity contribution in [1.29, 1.82) is 0 Å². The Hall–Kier alpha value is -1.84. The first kappa shape index (κ1) is 12.2. The van der Waals surface area contributed by atoms with Crippen molar-refractivity contribution in [2.75, 3.05) is 0 Å². The lowest BCUT2D eigenvalue weighted by Gasteiger charge is -1.92.